The lowest BCUT2D eigenvalue weighted by atomic mass is 9.74. The van der Waals surface area contributed by atoms with Crippen molar-refractivity contribution in [2.75, 3.05) is 18.6 Å². The van der Waals surface area contributed by atoms with E-state index in [9.17, 15) is 5.26 Å². The highest BCUT2D eigenvalue weighted by Crippen LogP contribution is 2.53. The van der Waals surface area contributed by atoms with Crippen molar-refractivity contribution in [3.8, 4) is 17.6 Å². The molecular formula is C22H20N2O3. The topological polar surface area (TPSA) is 54.7 Å². The van der Waals surface area contributed by atoms with Crippen LogP contribution in [-0.4, -0.2) is 19.9 Å². The van der Waals surface area contributed by atoms with Crippen LogP contribution in [0.3, 0.4) is 0 Å². The van der Waals surface area contributed by atoms with E-state index in [0.717, 1.165) is 42.2 Å². The van der Waals surface area contributed by atoms with Crippen LogP contribution < -0.4 is 14.4 Å². The Morgan fingerprint density at radius 1 is 1.15 bits per heavy atom. The van der Waals surface area contributed by atoms with Crippen molar-refractivity contribution in [3.05, 3.63) is 65.6 Å². The molecule has 2 aromatic rings. The number of nitriles is 1. The van der Waals surface area contributed by atoms with Crippen LogP contribution in [0, 0.1) is 17.2 Å². The highest BCUT2D eigenvalue weighted by molar-refractivity contribution is 5.70. The Morgan fingerprint density at radius 2 is 1.96 bits per heavy atom. The van der Waals surface area contributed by atoms with Crippen molar-refractivity contribution in [3.63, 3.8) is 0 Å². The fourth-order valence-electron chi connectivity index (χ4n) is 4.52. The van der Waals surface area contributed by atoms with E-state index in [4.69, 9.17) is 14.2 Å². The highest BCUT2D eigenvalue weighted by Gasteiger charge is 2.49. The summed E-state index contributed by atoms with van der Waals surface area (Å²) in [5.74, 6) is 2.35. The van der Waals surface area contributed by atoms with Crippen molar-refractivity contribution in [1.82, 2.24) is 0 Å². The van der Waals surface area contributed by atoms with Crippen LogP contribution in [0.4, 0.5) is 5.69 Å². The molecule has 5 nitrogen and oxygen atoms in total. The van der Waals surface area contributed by atoms with Crippen LogP contribution in [0.2, 0.25) is 0 Å². The van der Waals surface area contributed by atoms with Gasteiger partial charge in [-0.2, -0.15) is 5.26 Å². The molecule has 0 N–H and O–H groups in total. The summed E-state index contributed by atoms with van der Waals surface area (Å²) in [6.07, 6.45) is 1.89. The zero-order chi connectivity index (χ0) is 18.4. The molecule has 5 heteroatoms. The van der Waals surface area contributed by atoms with E-state index in [0.29, 0.717) is 11.5 Å². The van der Waals surface area contributed by atoms with E-state index in [1.165, 1.54) is 0 Å². The lowest BCUT2D eigenvalue weighted by molar-refractivity contribution is -0.0367. The first-order valence-electron chi connectivity index (χ1n) is 9.28. The molecule has 0 amide bonds. The van der Waals surface area contributed by atoms with Gasteiger partial charge in [-0.25, -0.2) is 0 Å². The first-order valence-corrected chi connectivity index (χ1v) is 9.28. The maximum atomic E-state index is 10.1. The summed E-state index contributed by atoms with van der Waals surface area (Å²) in [7, 11) is 1.66. The molecule has 5 rings (SSSR count). The third kappa shape index (κ3) is 2.41. The largest absolute Gasteiger partial charge is 0.497 e. The van der Waals surface area contributed by atoms with Crippen LogP contribution in [0.25, 0.3) is 0 Å². The lowest BCUT2D eigenvalue weighted by Crippen LogP contribution is -2.50. The number of benzene rings is 2. The summed E-state index contributed by atoms with van der Waals surface area (Å²) in [6.45, 7) is 0.727. The van der Waals surface area contributed by atoms with Crippen molar-refractivity contribution in [1.29, 1.82) is 5.26 Å². The number of anilines is 1. The summed E-state index contributed by atoms with van der Waals surface area (Å²) in [5.41, 5.74) is 2.74. The zero-order valence-corrected chi connectivity index (χ0v) is 15.1. The van der Waals surface area contributed by atoms with Crippen molar-refractivity contribution < 1.29 is 14.2 Å². The molecule has 3 aliphatic rings. The first kappa shape index (κ1) is 16.2. The molecule has 0 spiro atoms. The molecule has 1 fully saturated rings. The van der Waals surface area contributed by atoms with Gasteiger partial charge in [0.15, 0.2) is 5.75 Å². The fourth-order valence-corrected chi connectivity index (χ4v) is 4.52. The number of para-hydroxylation sites is 2. The van der Waals surface area contributed by atoms with Crippen LogP contribution in [0.15, 0.2) is 60.0 Å². The van der Waals surface area contributed by atoms with Gasteiger partial charge >= 0.3 is 0 Å². The summed E-state index contributed by atoms with van der Waals surface area (Å²) in [4.78, 5) is 2.08. The Labute approximate surface area is 158 Å². The second-order valence-electron chi connectivity index (χ2n) is 7.09. The standard InChI is InChI=1S/C22H20N2O3/c1-25-15-10-8-14(9-11-15)20-16-5-4-12-26-21(16)24-18-6-2-3-7-19(18)27-22(24)17(20)13-23/h2-3,6-11,16,20-21H,4-5,12H2,1H3/t16-,20+,21-/m1/s1. The smallest absolute Gasteiger partial charge is 0.217 e. The molecule has 0 aromatic heterocycles. The molecule has 27 heavy (non-hydrogen) atoms. The maximum Gasteiger partial charge on any atom is 0.217 e. The normalized spacial score (nSPS) is 25.8. The Hall–Kier alpha value is -2.97. The molecular weight excluding hydrogens is 340 g/mol. The number of hydrogen-bond donors (Lipinski definition) is 0. The lowest BCUT2D eigenvalue weighted by Gasteiger charge is -2.45. The predicted octanol–water partition coefficient (Wildman–Crippen LogP) is 4.18. The van der Waals surface area contributed by atoms with Gasteiger partial charge in [0.2, 0.25) is 5.88 Å². The number of fused-ring (bicyclic) bond motifs is 5. The quantitative estimate of drug-likeness (QED) is 0.804. The van der Waals surface area contributed by atoms with Gasteiger partial charge in [0.1, 0.15) is 18.0 Å². The molecule has 0 aliphatic carbocycles. The van der Waals surface area contributed by atoms with Crippen molar-refractivity contribution in [2.45, 2.75) is 25.0 Å². The van der Waals surface area contributed by atoms with Crippen molar-refractivity contribution >= 4 is 5.69 Å². The summed E-state index contributed by atoms with van der Waals surface area (Å²) >= 11 is 0. The van der Waals surface area contributed by atoms with Gasteiger partial charge in [0.05, 0.1) is 18.4 Å². The average Bonchev–Trinajstić information content (AvgIpc) is 3.12. The molecule has 3 aliphatic heterocycles. The van der Waals surface area contributed by atoms with Gasteiger partial charge < -0.3 is 14.2 Å². The summed E-state index contributed by atoms with van der Waals surface area (Å²) in [5, 5.41) is 10.1. The molecule has 2 aromatic carbocycles. The Kier molecular flexibility index (Phi) is 3.80. The van der Waals surface area contributed by atoms with E-state index in [1.807, 2.05) is 48.5 Å². The molecule has 3 atom stereocenters. The first-order chi connectivity index (χ1) is 13.3. The zero-order valence-electron chi connectivity index (χ0n) is 15.1. The molecule has 136 valence electrons. The van der Waals surface area contributed by atoms with Gasteiger partial charge in [0, 0.05) is 18.4 Å². The third-order valence-electron chi connectivity index (χ3n) is 5.71. The molecule has 0 unspecified atom stereocenters. The average molecular weight is 360 g/mol. The fraction of sp³-hybridized carbons (Fsp3) is 0.318. The third-order valence-corrected chi connectivity index (χ3v) is 5.71. The Bertz CT molecular complexity index is 945. The van der Waals surface area contributed by atoms with E-state index in [-0.39, 0.29) is 18.1 Å². The Morgan fingerprint density at radius 3 is 2.74 bits per heavy atom. The maximum absolute atomic E-state index is 10.1. The van der Waals surface area contributed by atoms with Gasteiger partial charge in [0.25, 0.3) is 0 Å². The minimum absolute atomic E-state index is 0.0493. The monoisotopic (exact) mass is 360 g/mol. The number of hydrogen-bond acceptors (Lipinski definition) is 5. The Balaban J connectivity index is 1.67. The number of nitrogens with zero attached hydrogens (tertiary/aromatic N) is 2. The summed E-state index contributed by atoms with van der Waals surface area (Å²) in [6, 6.07) is 18.3. The number of rotatable bonds is 2. The van der Waals surface area contributed by atoms with Crippen LogP contribution >= 0.6 is 0 Å². The minimum Gasteiger partial charge on any atom is -0.497 e. The van der Waals surface area contributed by atoms with E-state index in [1.54, 1.807) is 7.11 Å². The van der Waals surface area contributed by atoms with Gasteiger partial charge in [-0.1, -0.05) is 24.3 Å². The van der Waals surface area contributed by atoms with E-state index >= 15 is 0 Å². The molecule has 0 radical (unpaired) electrons. The highest BCUT2D eigenvalue weighted by atomic mass is 16.5. The van der Waals surface area contributed by atoms with Gasteiger partial charge in [-0.15, -0.1) is 0 Å². The molecule has 0 bridgehead atoms. The minimum atomic E-state index is -0.124. The molecule has 0 saturated carbocycles. The number of allylic oxidation sites excluding steroid dienone is 1. The SMILES string of the molecule is COc1ccc([C@@H]2C(C#N)=C3Oc4ccccc4N3[C@@H]3OCCC[C@@H]32)cc1. The van der Waals surface area contributed by atoms with Gasteiger partial charge in [-0.3, -0.25) is 4.90 Å². The van der Waals surface area contributed by atoms with E-state index < -0.39 is 0 Å². The number of methoxy groups -OCH3 is 1. The number of ether oxygens (including phenoxy) is 3. The van der Waals surface area contributed by atoms with Crippen LogP contribution in [-0.2, 0) is 4.74 Å². The molecule has 3 heterocycles. The van der Waals surface area contributed by atoms with Crippen LogP contribution in [0.5, 0.6) is 11.5 Å². The molecule has 1 saturated heterocycles. The second-order valence-corrected chi connectivity index (χ2v) is 7.09. The van der Waals surface area contributed by atoms with Crippen molar-refractivity contribution in [2.24, 2.45) is 5.92 Å². The second kappa shape index (κ2) is 6.33. The summed E-state index contributed by atoms with van der Waals surface area (Å²) < 4.78 is 17.7. The predicted molar refractivity (Wildman–Crippen MR) is 100 cm³/mol. The van der Waals surface area contributed by atoms with Crippen LogP contribution in [0.1, 0.15) is 24.3 Å². The van der Waals surface area contributed by atoms with E-state index in [2.05, 4.69) is 11.0 Å². The van der Waals surface area contributed by atoms with Gasteiger partial charge in [-0.05, 0) is 42.7 Å².